The number of nitrogens with zero attached hydrogens (tertiary/aromatic N) is 1. The lowest BCUT2D eigenvalue weighted by Crippen LogP contribution is -2.44. The number of ether oxygens (including phenoxy) is 1. The third-order valence-electron chi connectivity index (χ3n) is 2.94. The maximum atomic E-state index is 5.88. The van der Waals surface area contributed by atoms with Gasteiger partial charge in [0.25, 0.3) is 0 Å². The van der Waals surface area contributed by atoms with Gasteiger partial charge < -0.3 is 4.74 Å². The average Bonchev–Trinajstić information content (AvgIpc) is 2.28. The van der Waals surface area contributed by atoms with Gasteiger partial charge in [-0.05, 0) is 30.4 Å². The zero-order chi connectivity index (χ0) is 13.8. The van der Waals surface area contributed by atoms with Gasteiger partial charge in [0.1, 0.15) is 0 Å². The van der Waals surface area contributed by atoms with Crippen LogP contribution in [0.5, 0.6) is 0 Å². The topological polar surface area (TPSA) is 60.2 Å². The van der Waals surface area contributed by atoms with Crippen LogP contribution in [0.3, 0.4) is 0 Å². The third kappa shape index (κ3) is 3.77. The second-order valence-electron chi connectivity index (χ2n) is 5.68. The molecule has 1 aromatic rings. The number of aryl methyl sites for hydroxylation is 1. The van der Waals surface area contributed by atoms with Crippen LogP contribution in [0.4, 0.5) is 0 Å². The first-order valence-corrected chi connectivity index (χ1v) is 6.39. The van der Waals surface area contributed by atoms with Crippen molar-refractivity contribution in [3.8, 4) is 0 Å². The van der Waals surface area contributed by atoms with Crippen molar-refractivity contribution < 1.29 is 4.74 Å². The van der Waals surface area contributed by atoms with Crippen molar-refractivity contribution in [3.05, 3.63) is 29.6 Å². The van der Waals surface area contributed by atoms with Crippen LogP contribution < -0.4 is 11.3 Å². The number of hydrogen-bond donors (Lipinski definition) is 2. The summed E-state index contributed by atoms with van der Waals surface area (Å²) in [6.45, 7) is 11.2. The summed E-state index contributed by atoms with van der Waals surface area (Å²) in [5, 5.41) is 0. The Morgan fingerprint density at radius 3 is 2.50 bits per heavy atom. The summed E-state index contributed by atoms with van der Waals surface area (Å²) in [6.07, 6.45) is 3.68. The van der Waals surface area contributed by atoms with Gasteiger partial charge in [0, 0.05) is 19.0 Å². The van der Waals surface area contributed by atoms with Crippen molar-refractivity contribution in [2.75, 3.05) is 6.61 Å². The zero-order valence-electron chi connectivity index (χ0n) is 12.0. The van der Waals surface area contributed by atoms with Crippen LogP contribution in [0.2, 0.25) is 0 Å². The van der Waals surface area contributed by atoms with E-state index in [4.69, 9.17) is 10.6 Å². The molecule has 0 aliphatic rings. The molecule has 0 saturated carbocycles. The number of aromatic nitrogens is 1. The van der Waals surface area contributed by atoms with Gasteiger partial charge in [0.2, 0.25) is 0 Å². The molecule has 0 bridgehead atoms. The summed E-state index contributed by atoms with van der Waals surface area (Å²) >= 11 is 0. The molecule has 0 spiro atoms. The van der Waals surface area contributed by atoms with Gasteiger partial charge in [0.05, 0.1) is 12.1 Å². The fourth-order valence-electron chi connectivity index (χ4n) is 2.13. The zero-order valence-corrected chi connectivity index (χ0v) is 12.0. The van der Waals surface area contributed by atoms with E-state index in [1.807, 2.05) is 26.2 Å². The lowest BCUT2D eigenvalue weighted by atomic mass is 9.82. The van der Waals surface area contributed by atoms with Crippen molar-refractivity contribution in [1.82, 2.24) is 10.4 Å². The van der Waals surface area contributed by atoms with E-state index >= 15 is 0 Å². The van der Waals surface area contributed by atoms with Crippen molar-refractivity contribution in [2.45, 2.75) is 46.8 Å². The van der Waals surface area contributed by atoms with E-state index in [0.717, 1.165) is 11.1 Å². The highest BCUT2D eigenvalue weighted by atomic mass is 16.5. The monoisotopic (exact) mass is 251 g/mol. The predicted octanol–water partition coefficient (Wildman–Crippen LogP) is 2.35. The number of hydrazine groups is 1. The number of hydrogen-bond acceptors (Lipinski definition) is 4. The Hall–Kier alpha value is -0.970. The molecule has 0 aliphatic carbocycles. The van der Waals surface area contributed by atoms with E-state index in [9.17, 15) is 0 Å². The van der Waals surface area contributed by atoms with Crippen molar-refractivity contribution in [2.24, 2.45) is 11.3 Å². The Labute approximate surface area is 110 Å². The molecule has 0 aliphatic heterocycles. The number of rotatable bonds is 5. The summed E-state index contributed by atoms with van der Waals surface area (Å²) in [7, 11) is 0. The number of pyridine rings is 1. The Balaban J connectivity index is 3.06. The molecular formula is C14H25N3O. The SMILES string of the molecule is CCOC(C(NN)c1cncc(C)c1)C(C)(C)C. The molecule has 0 aromatic carbocycles. The molecule has 0 radical (unpaired) electrons. The van der Waals surface area contributed by atoms with Gasteiger partial charge in [-0.3, -0.25) is 16.3 Å². The van der Waals surface area contributed by atoms with Crippen molar-refractivity contribution in [3.63, 3.8) is 0 Å². The quantitative estimate of drug-likeness (QED) is 0.623. The number of nitrogens with one attached hydrogen (secondary N) is 1. The highest BCUT2D eigenvalue weighted by Gasteiger charge is 2.33. The minimum Gasteiger partial charge on any atom is -0.376 e. The molecule has 0 fully saturated rings. The molecule has 0 saturated heterocycles. The van der Waals surface area contributed by atoms with E-state index in [0.29, 0.717) is 6.61 Å². The normalized spacial score (nSPS) is 15.4. The number of nitrogens with two attached hydrogens (primary N) is 1. The van der Waals surface area contributed by atoms with Gasteiger partial charge in [-0.2, -0.15) is 0 Å². The third-order valence-corrected chi connectivity index (χ3v) is 2.94. The smallest absolute Gasteiger partial charge is 0.0831 e. The highest BCUT2D eigenvalue weighted by molar-refractivity contribution is 5.21. The minimum absolute atomic E-state index is 0.00318. The van der Waals surface area contributed by atoms with E-state index in [1.54, 1.807) is 0 Å². The average molecular weight is 251 g/mol. The van der Waals surface area contributed by atoms with Crippen LogP contribution in [0.25, 0.3) is 0 Å². The summed E-state index contributed by atoms with van der Waals surface area (Å²) in [5.74, 6) is 5.72. The van der Waals surface area contributed by atoms with Gasteiger partial charge in [-0.15, -0.1) is 0 Å². The lowest BCUT2D eigenvalue weighted by molar-refractivity contribution is -0.0367. The molecule has 4 nitrogen and oxygen atoms in total. The molecule has 18 heavy (non-hydrogen) atoms. The molecule has 1 rings (SSSR count). The van der Waals surface area contributed by atoms with Crippen LogP contribution in [0.1, 0.15) is 44.9 Å². The standard InChI is InChI=1S/C14H25N3O/c1-6-18-13(14(3,4)5)12(17-15)11-7-10(2)8-16-9-11/h7-9,12-13,17H,6,15H2,1-5H3. The van der Waals surface area contributed by atoms with Crippen molar-refractivity contribution in [1.29, 1.82) is 0 Å². The largest absolute Gasteiger partial charge is 0.376 e. The van der Waals surface area contributed by atoms with E-state index in [2.05, 4.69) is 37.2 Å². The summed E-state index contributed by atoms with van der Waals surface area (Å²) in [6, 6.07) is 2.03. The van der Waals surface area contributed by atoms with E-state index in [1.165, 1.54) is 0 Å². The maximum Gasteiger partial charge on any atom is 0.0831 e. The van der Waals surface area contributed by atoms with Crippen LogP contribution >= 0.6 is 0 Å². The fourth-order valence-corrected chi connectivity index (χ4v) is 2.13. The van der Waals surface area contributed by atoms with Crippen LogP contribution in [-0.2, 0) is 4.74 Å². The fraction of sp³-hybridized carbons (Fsp3) is 0.643. The maximum absolute atomic E-state index is 5.88. The minimum atomic E-state index is -0.0580. The van der Waals surface area contributed by atoms with Crippen molar-refractivity contribution >= 4 is 0 Å². The summed E-state index contributed by atoms with van der Waals surface area (Å²) < 4.78 is 5.88. The summed E-state index contributed by atoms with van der Waals surface area (Å²) in [5.41, 5.74) is 5.05. The first-order valence-electron chi connectivity index (χ1n) is 6.39. The molecule has 2 unspecified atom stereocenters. The Morgan fingerprint density at radius 2 is 2.06 bits per heavy atom. The van der Waals surface area contributed by atoms with Gasteiger partial charge in [0.15, 0.2) is 0 Å². The first kappa shape index (κ1) is 15.1. The second kappa shape index (κ2) is 6.27. The second-order valence-corrected chi connectivity index (χ2v) is 5.68. The summed E-state index contributed by atoms with van der Waals surface area (Å²) in [4.78, 5) is 4.23. The van der Waals surface area contributed by atoms with E-state index < -0.39 is 0 Å². The van der Waals surface area contributed by atoms with Crippen LogP contribution in [0, 0.1) is 12.3 Å². The van der Waals surface area contributed by atoms with E-state index in [-0.39, 0.29) is 17.6 Å². The molecular weight excluding hydrogens is 226 g/mol. The van der Waals surface area contributed by atoms with Gasteiger partial charge in [-0.25, -0.2) is 0 Å². The lowest BCUT2D eigenvalue weighted by Gasteiger charge is -2.36. The molecule has 3 N–H and O–H groups in total. The molecule has 0 amide bonds. The predicted molar refractivity (Wildman–Crippen MR) is 73.9 cm³/mol. The Bertz CT molecular complexity index is 374. The van der Waals surface area contributed by atoms with Crippen LogP contribution in [0.15, 0.2) is 18.5 Å². The van der Waals surface area contributed by atoms with Crippen LogP contribution in [-0.4, -0.2) is 17.7 Å². The Kier molecular flexibility index (Phi) is 5.26. The van der Waals surface area contributed by atoms with Gasteiger partial charge in [-0.1, -0.05) is 26.8 Å². The molecule has 4 heteroatoms. The molecule has 102 valence electrons. The molecule has 1 heterocycles. The molecule has 1 aromatic heterocycles. The first-order chi connectivity index (χ1) is 8.40. The highest BCUT2D eigenvalue weighted by Crippen LogP contribution is 2.32. The molecule has 2 atom stereocenters. The Morgan fingerprint density at radius 1 is 1.39 bits per heavy atom. The van der Waals surface area contributed by atoms with Gasteiger partial charge >= 0.3 is 0 Å².